The van der Waals surface area contributed by atoms with Gasteiger partial charge in [-0.2, -0.15) is 13.2 Å². The van der Waals surface area contributed by atoms with E-state index >= 15 is 0 Å². The van der Waals surface area contributed by atoms with E-state index in [1.165, 1.54) is 18.7 Å². The van der Waals surface area contributed by atoms with Gasteiger partial charge in [0.05, 0.1) is 29.1 Å². The molecular formula is C38H38F3N5O4. The van der Waals surface area contributed by atoms with E-state index in [9.17, 15) is 22.8 Å². The van der Waals surface area contributed by atoms with Crippen LogP contribution in [0, 0.1) is 6.92 Å². The van der Waals surface area contributed by atoms with Crippen LogP contribution in [0.4, 0.5) is 18.9 Å². The monoisotopic (exact) mass is 685 g/mol. The molecule has 0 bridgehead atoms. The zero-order valence-corrected chi connectivity index (χ0v) is 28.3. The lowest BCUT2D eigenvalue weighted by Crippen LogP contribution is -2.48. The van der Waals surface area contributed by atoms with Gasteiger partial charge in [-0.15, -0.1) is 0 Å². The third-order valence-electron chi connectivity index (χ3n) is 8.61. The molecule has 2 aromatic heterocycles. The van der Waals surface area contributed by atoms with Gasteiger partial charge < -0.3 is 24.3 Å². The zero-order valence-electron chi connectivity index (χ0n) is 28.3. The number of benzene rings is 3. The maximum Gasteiger partial charge on any atom is 0.416 e. The van der Waals surface area contributed by atoms with Crippen molar-refractivity contribution in [3.05, 3.63) is 113 Å². The lowest BCUT2D eigenvalue weighted by molar-refractivity contribution is -0.137. The van der Waals surface area contributed by atoms with E-state index in [0.29, 0.717) is 30.2 Å². The molecule has 0 unspecified atom stereocenters. The minimum atomic E-state index is -4.49. The van der Waals surface area contributed by atoms with E-state index in [2.05, 4.69) is 27.3 Å². The Morgan fingerprint density at radius 2 is 1.62 bits per heavy atom. The SMILES string of the molecule is Cc1cc(C(F)(F)F)ccc1C(=O)Nc1ccc(Oc2ccc3cc(C(=O)N4CCN(Cc5ccc(OC(C)C)cc5)CC4)n(C)c3c2)nc1. The molecule has 12 heteroatoms. The highest BCUT2D eigenvalue weighted by molar-refractivity contribution is 6.05. The smallest absolute Gasteiger partial charge is 0.416 e. The van der Waals surface area contributed by atoms with Crippen LogP contribution in [0.25, 0.3) is 10.9 Å². The van der Waals surface area contributed by atoms with Crippen LogP contribution in [0.1, 0.15) is 51.4 Å². The van der Waals surface area contributed by atoms with E-state index in [1.54, 1.807) is 18.2 Å². The van der Waals surface area contributed by atoms with Gasteiger partial charge in [0.25, 0.3) is 11.8 Å². The summed E-state index contributed by atoms with van der Waals surface area (Å²) in [6, 6.07) is 21.7. The number of hydrogen-bond acceptors (Lipinski definition) is 6. The predicted molar refractivity (Wildman–Crippen MR) is 185 cm³/mol. The fourth-order valence-electron chi connectivity index (χ4n) is 5.98. The number of pyridine rings is 1. The standard InChI is InChI=1S/C38H38F3N5O4/c1-24(2)49-30-10-5-26(6-11-30)23-45-15-17-46(18-16-45)37(48)34-20-27-7-12-31(21-33(27)44(34)4)50-35-14-9-29(22-42-35)43-36(47)32-13-8-28(19-25(32)3)38(39,40)41/h5-14,19-22,24H,15-18,23H2,1-4H3,(H,43,47). The summed E-state index contributed by atoms with van der Waals surface area (Å²) in [6.45, 7) is 9.11. The van der Waals surface area contributed by atoms with Crippen molar-refractivity contribution in [3.63, 3.8) is 0 Å². The highest BCUT2D eigenvalue weighted by Gasteiger charge is 2.31. The molecule has 3 aromatic carbocycles. The first kappa shape index (κ1) is 34.5. The number of ether oxygens (including phenoxy) is 2. The molecule has 0 atom stereocenters. The minimum absolute atomic E-state index is 0.0215. The highest BCUT2D eigenvalue weighted by Crippen LogP contribution is 2.31. The second-order valence-corrected chi connectivity index (χ2v) is 12.7. The van der Waals surface area contributed by atoms with Crippen LogP contribution in [0.15, 0.2) is 85.1 Å². The molecule has 6 rings (SSSR count). The number of nitrogens with one attached hydrogen (secondary N) is 1. The molecule has 1 fully saturated rings. The number of aryl methyl sites for hydroxylation is 2. The molecule has 3 heterocycles. The number of aromatic nitrogens is 2. The van der Waals surface area contributed by atoms with Gasteiger partial charge in [0.15, 0.2) is 0 Å². The average molecular weight is 686 g/mol. The second-order valence-electron chi connectivity index (χ2n) is 12.7. The van der Waals surface area contributed by atoms with Gasteiger partial charge in [0, 0.05) is 62.9 Å². The van der Waals surface area contributed by atoms with Crippen molar-refractivity contribution in [1.29, 1.82) is 0 Å². The molecule has 0 aliphatic carbocycles. The normalized spacial score (nSPS) is 13.9. The molecule has 1 aliphatic rings. The van der Waals surface area contributed by atoms with Crippen LogP contribution in [0.5, 0.6) is 17.4 Å². The van der Waals surface area contributed by atoms with Crippen molar-refractivity contribution in [3.8, 4) is 17.4 Å². The Balaban J connectivity index is 1.05. The Kier molecular flexibility index (Phi) is 9.83. The molecule has 0 saturated carbocycles. The number of nitrogens with zero attached hydrogens (tertiary/aromatic N) is 4. The quantitative estimate of drug-likeness (QED) is 0.171. The Labute approximate surface area is 288 Å². The number of carbonyl (C=O) groups is 2. The first-order valence-electron chi connectivity index (χ1n) is 16.3. The third kappa shape index (κ3) is 7.92. The van der Waals surface area contributed by atoms with Gasteiger partial charge in [-0.1, -0.05) is 12.1 Å². The van der Waals surface area contributed by atoms with Crippen LogP contribution >= 0.6 is 0 Å². The first-order valence-corrected chi connectivity index (χ1v) is 16.3. The van der Waals surface area contributed by atoms with Gasteiger partial charge >= 0.3 is 6.18 Å². The maximum atomic E-state index is 13.6. The largest absolute Gasteiger partial charge is 0.491 e. The molecule has 9 nitrogen and oxygen atoms in total. The van der Waals surface area contributed by atoms with Crippen LogP contribution < -0.4 is 14.8 Å². The molecule has 0 spiro atoms. The first-order chi connectivity index (χ1) is 23.8. The summed E-state index contributed by atoms with van der Waals surface area (Å²) >= 11 is 0. The van der Waals surface area contributed by atoms with Crippen LogP contribution in [0.3, 0.4) is 0 Å². The molecule has 1 saturated heterocycles. The van der Waals surface area contributed by atoms with Crippen LogP contribution in [0.2, 0.25) is 0 Å². The number of amides is 2. The molecular weight excluding hydrogens is 647 g/mol. The summed E-state index contributed by atoms with van der Waals surface area (Å²) in [4.78, 5) is 34.8. The maximum absolute atomic E-state index is 13.6. The number of rotatable bonds is 9. The summed E-state index contributed by atoms with van der Waals surface area (Å²) in [5.74, 6) is 1.08. The van der Waals surface area contributed by atoms with Crippen molar-refractivity contribution >= 4 is 28.4 Å². The topological polar surface area (TPSA) is 88.9 Å². The highest BCUT2D eigenvalue weighted by atomic mass is 19.4. The van der Waals surface area contributed by atoms with Crippen molar-refractivity contribution < 1.29 is 32.2 Å². The van der Waals surface area contributed by atoms with E-state index in [0.717, 1.165) is 54.5 Å². The lowest BCUT2D eigenvalue weighted by atomic mass is 10.0. The molecule has 50 heavy (non-hydrogen) atoms. The number of alkyl halides is 3. The number of fused-ring (bicyclic) bond motifs is 1. The number of piperazine rings is 1. The zero-order chi connectivity index (χ0) is 35.6. The fraction of sp³-hybridized carbons (Fsp3) is 0.289. The summed E-state index contributed by atoms with van der Waals surface area (Å²) in [5, 5.41) is 3.56. The van der Waals surface area contributed by atoms with Crippen molar-refractivity contribution in [2.45, 2.75) is 39.6 Å². The van der Waals surface area contributed by atoms with Crippen molar-refractivity contribution in [1.82, 2.24) is 19.4 Å². The molecule has 5 aromatic rings. The van der Waals surface area contributed by atoms with Gasteiger partial charge in [0.2, 0.25) is 5.88 Å². The number of anilines is 1. The molecule has 0 radical (unpaired) electrons. The predicted octanol–water partition coefficient (Wildman–Crippen LogP) is 7.69. The van der Waals surface area contributed by atoms with Crippen molar-refractivity contribution in [2.75, 3.05) is 31.5 Å². The summed E-state index contributed by atoms with van der Waals surface area (Å²) < 4.78 is 52.6. The number of hydrogen-bond donors (Lipinski definition) is 1. The second kappa shape index (κ2) is 14.2. The molecule has 2 amide bonds. The van der Waals surface area contributed by atoms with Gasteiger partial charge in [-0.25, -0.2) is 4.98 Å². The Morgan fingerprint density at radius 3 is 2.26 bits per heavy atom. The summed E-state index contributed by atoms with van der Waals surface area (Å²) in [6.07, 6.45) is -2.95. The minimum Gasteiger partial charge on any atom is -0.491 e. The van der Waals surface area contributed by atoms with E-state index in [-0.39, 0.29) is 29.0 Å². The third-order valence-corrected chi connectivity index (χ3v) is 8.61. The fourth-order valence-corrected chi connectivity index (χ4v) is 5.98. The lowest BCUT2D eigenvalue weighted by Gasteiger charge is -2.34. The van der Waals surface area contributed by atoms with Gasteiger partial charge in [0.1, 0.15) is 17.2 Å². The molecule has 1 N–H and O–H groups in total. The van der Waals surface area contributed by atoms with Gasteiger partial charge in [-0.05, 0) is 86.5 Å². The number of halogens is 3. The van der Waals surface area contributed by atoms with E-state index in [1.807, 2.05) is 60.7 Å². The van der Waals surface area contributed by atoms with Crippen LogP contribution in [-0.4, -0.2) is 63.4 Å². The van der Waals surface area contributed by atoms with E-state index in [4.69, 9.17) is 9.47 Å². The van der Waals surface area contributed by atoms with Gasteiger partial charge in [-0.3, -0.25) is 14.5 Å². The number of carbonyl (C=O) groups excluding carboxylic acids is 2. The summed E-state index contributed by atoms with van der Waals surface area (Å²) in [5.41, 5.74) is 2.50. The molecule has 1 aliphatic heterocycles. The Bertz CT molecular complexity index is 2000. The van der Waals surface area contributed by atoms with Crippen molar-refractivity contribution in [2.24, 2.45) is 7.05 Å². The molecule has 260 valence electrons. The Hall–Kier alpha value is -5.36. The average Bonchev–Trinajstić information content (AvgIpc) is 3.41. The van der Waals surface area contributed by atoms with Crippen LogP contribution in [-0.2, 0) is 19.8 Å². The van der Waals surface area contributed by atoms with E-state index < -0.39 is 17.6 Å². The Morgan fingerprint density at radius 1 is 0.900 bits per heavy atom. The summed E-state index contributed by atoms with van der Waals surface area (Å²) in [7, 11) is 1.86.